The number of rotatable bonds is 9. The van der Waals surface area contributed by atoms with E-state index in [4.69, 9.17) is 4.74 Å². The zero-order valence-electron chi connectivity index (χ0n) is 20.1. The Balaban J connectivity index is 1.59. The van der Waals surface area contributed by atoms with Crippen LogP contribution in [0.1, 0.15) is 41.3 Å². The number of ether oxygens (including phenoxy) is 1. The highest BCUT2D eigenvalue weighted by molar-refractivity contribution is 7.07. The third-order valence-electron chi connectivity index (χ3n) is 6.44. The first-order valence-electron chi connectivity index (χ1n) is 11.8. The Kier molecular flexibility index (Phi) is 8.01. The van der Waals surface area contributed by atoms with E-state index in [1.807, 2.05) is 17.0 Å². The summed E-state index contributed by atoms with van der Waals surface area (Å²) in [6.45, 7) is 8.36. The first-order valence-corrected chi connectivity index (χ1v) is 12.8. The van der Waals surface area contributed by atoms with Crippen LogP contribution >= 0.6 is 11.3 Å². The van der Waals surface area contributed by atoms with Gasteiger partial charge in [-0.05, 0) is 76.2 Å². The van der Waals surface area contributed by atoms with Crippen molar-refractivity contribution in [2.45, 2.75) is 26.3 Å². The maximum absolute atomic E-state index is 13.4. The van der Waals surface area contributed by atoms with E-state index >= 15 is 0 Å². The molecule has 0 radical (unpaired) electrons. The van der Waals surface area contributed by atoms with Crippen LogP contribution in [0.25, 0.3) is 0 Å². The topological polar surface area (TPSA) is 32.8 Å². The first kappa shape index (κ1) is 24.4. The Hall–Kier alpha value is -2.70. The van der Waals surface area contributed by atoms with Gasteiger partial charge in [0, 0.05) is 44.2 Å². The molecule has 0 unspecified atom stereocenters. The van der Waals surface area contributed by atoms with Crippen LogP contribution in [0.5, 0.6) is 5.75 Å². The van der Waals surface area contributed by atoms with Crippen LogP contribution < -0.4 is 4.74 Å². The molecule has 2 heterocycles. The molecule has 2 aromatic carbocycles. The maximum Gasteiger partial charge on any atom is 0.253 e. The monoisotopic (exact) mass is 480 g/mol. The van der Waals surface area contributed by atoms with Crippen LogP contribution in [0, 0.1) is 17.7 Å². The van der Waals surface area contributed by atoms with Crippen molar-refractivity contribution in [1.29, 1.82) is 0 Å². The number of benzene rings is 2. The highest BCUT2D eigenvalue weighted by atomic mass is 32.1. The van der Waals surface area contributed by atoms with E-state index in [-0.39, 0.29) is 17.6 Å². The van der Waals surface area contributed by atoms with Crippen molar-refractivity contribution >= 4 is 17.2 Å². The quantitative estimate of drug-likeness (QED) is 0.382. The van der Waals surface area contributed by atoms with Gasteiger partial charge < -0.3 is 9.64 Å². The smallest absolute Gasteiger partial charge is 0.253 e. The van der Waals surface area contributed by atoms with Crippen LogP contribution in [0.3, 0.4) is 0 Å². The number of carbonyl (C=O) groups is 1. The number of hydrogen-bond acceptors (Lipinski definition) is 4. The number of carbonyl (C=O) groups excluding carboxylic acids is 1. The van der Waals surface area contributed by atoms with Crippen LogP contribution in [-0.4, -0.2) is 49.0 Å². The Bertz CT molecular complexity index is 1070. The number of amides is 1. The summed E-state index contributed by atoms with van der Waals surface area (Å²) < 4.78 is 18.9. The molecule has 0 saturated carbocycles. The van der Waals surface area contributed by atoms with Gasteiger partial charge in [-0.3, -0.25) is 9.69 Å². The lowest BCUT2D eigenvalue weighted by molar-refractivity contribution is 0.0703. The summed E-state index contributed by atoms with van der Waals surface area (Å²) >= 11 is 1.72. The molecule has 0 N–H and O–H groups in total. The molecule has 180 valence electrons. The summed E-state index contributed by atoms with van der Waals surface area (Å²) in [5.74, 6) is 1.41. The predicted molar refractivity (Wildman–Crippen MR) is 136 cm³/mol. The fourth-order valence-electron chi connectivity index (χ4n) is 4.90. The van der Waals surface area contributed by atoms with E-state index in [1.54, 1.807) is 30.6 Å². The second-order valence-corrected chi connectivity index (χ2v) is 10.4. The highest BCUT2D eigenvalue weighted by Crippen LogP contribution is 2.36. The van der Waals surface area contributed by atoms with Gasteiger partial charge in [-0.1, -0.05) is 26.0 Å². The third-order valence-corrected chi connectivity index (χ3v) is 7.18. The van der Waals surface area contributed by atoms with E-state index in [0.29, 0.717) is 30.5 Å². The Morgan fingerprint density at radius 2 is 1.97 bits per heavy atom. The molecule has 1 aliphatic rings. The summed E-state index contributed by atoms with van der Waals surface area (Å²) in [5.41, 5.74) is 3.11. The summed E-state index contributed by atoms with van der Waals surface area (Å²) in [7, 11) is 1.69. The molecule has 1 fully saturated rings. The Morgan fingerprint density at radius 1 is 1.18 bits per heavy atom. The van der Waals surface area contributed by atoms with Gasteiger partial charge in [-0.2, -0.15) is 11.3 Å². The van der Waals surface area contributed by atoms with E-state index in [1.165, 1.54) is 23.3 Å². The first-order chi connectivity index (χ1) is 16.4. The van der Waals surface area contributed by atoms with Gasteiger partial charge in [0.25, 0.3) is 5.91 Å². The minimum Gasteiger partial charge on any atom is -0.497 e. The third kappa shape index (κ3) is 6.05. The summed E-state index contributed by atoms with van der Waals surface area (Å²) in [4.78, 5) is 17.9. The van der Waals surface area contributed by atoms with Gasteiger partial charge in [0.05, 0.1) is 7.11 Å². The van der Waals surface area contributed by atoms with Crippen molar-refractivity contribution in [2.24, 2.45) is 11.8 Å². The van der Waals surface area contributed by atoms with Gasteiger partial charge in [-0.25, -0.2) is 4.39 Å². The molecule has 0 spiro atoms. The molecule has 0 bridgehead atoms. The van der Waals surface area contributed by atoms with Gasteiger partial charge >= 0.3 is 0 Å². The van der Waals surface area contributed by atoms with Crippen LogP contribution in [0.15, 0.2) is 65.4 Å². The fraction of sp³-hybridized carbons (Fsp3) is 0.393. The fourth-order valence-corrected chi connectivity index (χ4v) is 5.56. The lowest BCUT2D eigenvalue weighted by Crippen LogP contribution is -2.39. The number of thiophene rings is 1. The number of methoxy groups -OCH3 is 1. The molecule has 1 amide bonds. The molecular weight excluding hydrogens is 447 g/mol. The van der Waals surface area contributed by atoms with Crippen molar-refractivity contribution in [3.8, 4) is 5.75 Å². The molecule has 34 heavy (non-hydrogen) atoms. The molecule has 4 rings (SSSR count). The molecular formula is C28H33FN2O2S. The van der Waals surface area contributed by atoms with Crippen LogP contribution in [0.2, 0.25) is 0 Å². The molecule has 1 saturated heterocycles. The highest BCUT2D eigenvalue weighted by Gasteiger charge is 2.36. The number of nitrogens with zero attached hydrogens (tertiary/aromatic N) is 2. The largest absolute Gasteiger partial charge is 0.497 e. The van der Waals surface area contributed by atoms with Gasteiger partial charge in [0.15, 0.2) is 0 Å². The zero-order valence-corrected chi connectivity index (χ0v) is 20.9. The summed E-state index contributed by atoms with van der Waals surface area (Å²) in [6.07, 6.45) is 0. The second kappa shape index (κ2) is 11.2. The van der Waals surface area contributed by atoms with E-state index in [9.17, 15) is 9.18 Å². The number of hydrogen-bond donors (Lipinski definition) is 0. The minimum atomic E-state index is -0.329. The number of halogens is 1. The molecule has 1 aliphatic heterocycles. The molecule has 2 atom stereocenters. The Morgan fingerprint density at radius 3 is 2.65 bits per heavy atom. The molecule has 1 aromatic heterocycles. The van der Waals surface area contributed by atoms with E-state index in [2.05, 4.69) is 47.7 Å². The van der Waals surface area contributed by atoms with Crippen LogP contribution in [-0.2, 0) is 6.54 Å². The summed E-state index contributed by atoms with van der Waals surface area (Å²) in [5, 5.41) is 4.32. The normalized spacial score (nSPS) is 18.4. The lowest BCUT2D eigenvalue weighted by Gasteiger charge is -2.30. The predicted octanol–water partition coefficient (Wildman–Crippen LogP) is 5.91. The van der Waals surface area contributed by atoms with E-state index in [0.717, 1.165) is 25.4 Å². The lowest BCUT2D eigenvalue weighted by atomic mass is 9.88. The molecule has 4 nitrogen and oxygen atoms in total. The molecule has 3 aromatic rings. The summed E-state index contributed by atoms with van der Waals surface area (Å²) in [6, 6.07) is 16.4. The average Bonchev–Trinajstić information content (AvgIpc) is 3.48. The van der Waals surface area contributed by atoms with Crippen molar-refractivity contribution in [3.63, 3.8) is 0 Å². The van der Waals surface area contributed by atoms with Gasteiger partial charge in [0.1, 0.15) is 11.6 Å². The zero-order chi connectivity index (χ0) is 24.1. The van der Waals surface area contributed by atoms with Crippen molar-refractivity contribution in [1.82, 2.24) is 9.80 Å². The average molecular weight is 481 g/mol. The number of likely N-dealkylation sites (tertiary alicyclic amines) is 1. The van der Waals surface area contributed by atoms with Crippen LogP contribution in [0.4, 0.5) is 4.39 Å². The second-order valence-electron chi connectivity index (χ2n) is 9.58. The molecule has 0 aliphatic carbocycles. The van der Waals surface area contributed by atoms with Crippen molar-refractivity contribution < 1.29 is 13.9 Å². The maximum atomic E-state index is 13.4. The minimum absolute atomic E-state index is 0.0330. The SMILES string of the molecule is COc1cccc([C@@H]2CN(Cc3ccsc3)C[C@H]2CN(CC(C)C)C(=O)c2ccc(F)cc2)c1. The molecule has 6 heteroatoms. The van der Waals surface area contributed by atoms with Gasteiger partial charge in [0.2, 0.25) is 0 Å². The van der Waals surface area contributed by atoms with E-state index < -0.39 is 0 Å². The van der Waals surface area contributed by atoms with Crippen molar-refractivity contribution in [2.75, 3.05) is 33.3 Å². The van der Waals surface area contributed by atoms with Crippen molar-refractivity contribution in [3.05, 3.63) is 87.9 Å². The van der Waals surface area contributed by atoms with Gasteiger partial charge in [-0.15, -0.1) is 0 Å². The Labute approximate surface area is 206 Å². The standard InChI is InChI=1S/C28H33FN2O2S/c1-20(2)14-31(28(32)22-7-9-25(29)10-8-22)17-24-16-30(15-21-11-12-34-19-21)18-27(24)23-5-4-6-26(13-23)33-3/h4-13,19-20,24,27H,14-18H2,1-3H3/t24-,27-/m0/s1.